The van der Waals surface area contributed by atoms with Crippen molar-refractivity contribution in [2.75, 3.05) is 26.2 Å². The first kappa shape index (κ1) is 15.4. The molecule has 0 bridgehead atoms. The van der Waals surface area contributed by atoms with Crippen LogP contribution in [0.1, 0.15) is 0 Å². The Labute approximate surface area is 138 Å². The number of nitro benzene ring substituents is 1. The molecular formula is C15H16N4O4S. The van der Waals surface area contributed by atoms with E-state index in [9.17, 15) is 18.5 Å². The van der Waals surface area contributed by atoms with E-state index >= 15 is 0 Å². The van der Waals surface area contributed by atoms with Gasteiger partial charge in [0.15, 0.2) is 0 Å². The van der Waals surface area contributed by atoms with E-state index in [-0.39, 0.29) is 21.5 Å². The van der Waals surface area contributed by atoms with Gasteiger partial charge in [-0.2, -0.15) is 4.31 Å². The standard InChI is InChI=1S/C15H16N4O4S/c20-19(21)13-3-4-14(15-12(13)2-1-5-17-15)24(22,23)18-8-10-6-16-7-11(10)9-18/h1-5,10-11,16H,6-9H2/t10-,11+. The summed E-state index contributed by atoms with van der Waals surface area (Å²) in [5.41, 5.74) is 0.0152. The quantitative estimate of drug-likeness (QED) is 0.655. The average molecular weight is 348 g/mol. The van der Waals surface area contributed by atoms with Crippen molar-refractivity contribution in [1.29, 1.82) is 0 Å². The summed E-state index contributed by atoms with van der Waals surface area (Å²) in [6, 6.07) is 5.64. The number of nitrogens with one attached hydrogen (secondary N) is 1. The number of benzene rings is 1. The Morgan fingerprint density at radius 3 is 2.58 bits per heavy atom. The molecule has 2 aliphatic rings. The van der Waals surface area contributed by atoms with Gasteiger partial charge in [-0.05, 0) is 43.1 Å². The molecule has 0 amide bonds. The first-order valence-corrected chi connectivity index (χ1v) is 9.15. The van der Waals surface area contributed by atoms with Crippen molar-refractivity contribution in [1.82, 2.24) is 14.6 Å². The second-order valence-electron chi connectivity index (χ2n) is 6.24. The summed E-state index contributed by atoms with van der Waals surface area (Å²) in [5.74, 6) is 0.661. The Kier molecular flexibility index (Phi) is 3.52. The lowest BCUT2D eigenvalue weighted by Crippen LogP contribution is -2.32. The van der Waals surface area contributed by atoms with E-state index in [1.165, 1.54) is 28.7 Å². The van der Waals surface area contributed by atoms with Crippen LogP contribution in [0, 0.1) is 22.0 Å². The van der Waals surface area contributed by atoms with Gasteiger partial charge < -0.3 is 5.32 Å². The SMILES string of the molecule is O=[N+]([O-])c1ccc(S(=O)(=O)N2C[C@H]3CNC[C@H]3C2)c2ncccc12. The van der Waals surface area contributed by atoms with Gasteiger partial charge in [0.05, 0.1) is 15.8 Å². The van der Waals surface area contributed by atoms with Gasteiger partial charge in [0.1, 0.15) is 4.90 Å². The number of fused-ring (bicyclic) bond motifs is 2. The normalized spacial score (nSPS) is 24.3. The number of pyridine rings is 1. The molecule has 0 unspecified atom stereocenters. The number of rotatable bonds is 3. The summed E-state index contributed by atoms with van der Waals surface area (Å²) in [5, 5.41) is 14.7. The second-order valence-corrected chi connectivity index (χ2v) is 8.15. The molecule has 4 rings (SSSR count). The predicted octanol–water partition coefficient (Wildman–Crippen LogP) is 0.983. The molecule has 0 saturated carbocycles. The van der Waals surface area contributed by atoms with Crippen molar-refractivity contribution >= 4 is 26.6 Å². The van der Waals surface area contributed by atoms with Gasteiger partial charge >= 0.3 is 0 Å². The lowest BCUT2D eigenvalue weighted by molar-refractivity contribution is -0.383. The fraction of sp³-hybridized carbons (Fsp3) is 0.400. The van der Waals surface area contributed by atoms with E-state index in [4.69, 9.17) is 0 Å². The zero-order valence-electron chi connectivity index (χ0n) is 12.8. The van der Waals surface area contributed by atoms with E-state index < -0.39 is 14.9 Å². The maximum Gasteiger partial charge on any atom is 0.278 e. The molecule has 2 aromatic rings. The van der Waals surface area contributed by atoms with Crippen molar-refractivity contribution < 1.29 is 13.3 Å². The van der Waals surface area contributed by atoms with E-state index in [2.05, 4.69) is 10.3 Å². The minimum absolute atomic E-state index is 0.0385. The van der Waals surface area contributed by atoms with E-state index in [1.807, 2.05) is 0 Å². The Morgan fingerprint density at radius 1 is 1.21 bits per heavy atom. The zero-order chi connectivity index (χ0) is 16.9. The van der Waals surface area contributed by atoms with Gasteiger partial charge in [0.25, 0.3) is 5.69 Å². The topological polar surface area (TPSA) is 105 Å². The maximum absolute atomic E-state index is 13.1. The van der Waals surface area contributed by atoms with Crippen LogP contribution in [0.15, 0.2) is 35.4 Å². The molecule has 9 heteroatoms. The highest BCUT2D eigenvalue weighted by Crippen LogP contribution is 2.35. The fourth-order valence-electron chi connectivity index (χ4n) is 3.65. The maximum atomic E-state index is 13.1. The number of aromatic nitrogens is 1. The number of hydrogen-bond acceptors (Lipinski definition) is 6. The number of non-ortho nitro benzene ring substituents is 1. The molecule has 1 N–H and O–H groups in total. The van der Waals surface area contributed by atoms with Crippen LogP contribution in [0.2, 0.25) is 0 Å². The third-order valence-electron chi connectivity index (χ3n) is 4.88. The van der Waals surface area contributed by atoms with Gasteiger partial charge in [-0.1, -0.05) is 0 Å². The molecule has 1 aromatic heterocycles. The third kappa shape index (κ3) is 2.27. The molecule has 1 aromatic carbocycles. The van der Waals surface area contributed by atoms with Crippen LogP contribution >= 0.6 is 0 Å². The van der Waals surface area contributed by atoms with E-state index in [0.717, 1.165) is 13.1 Å². The van der Waals surface area contributed by atoms with Crippen LogP contribution in [-0.4, -0.2) is 48.8 Å². The van der Waals surface area contributed by atoms with Crippen LogP contribution in [0.25, 0.3) is 10.9 Å². The van der Waals surface area contributed by atoms with Crippen molar-refractivity contribution in [2.24, 2.45) is 11.8 Å². The highest BCUT2D eigenvalue weighted by atomic mass is 32.2. The van der Waals surface area contributed by atoms with Crippen molar-refractivity contribution in [3.8, 4) is 0 Å². The number of hydrogen-bond donors (Lipinski definition) is 1. The molecule has 3 heterocycles. The summed E-state index contributed by atoms with van der Waals surface area (Å²) in [7, 11) is -3.73. The Hall–Kier alpha value is -2.10. The summed E-state index contributed by atoms with van der Waals surface area (Å²) in [6.45, 7) is 2.61. The van der Waals surface area contributed by atoms with Crippen molar-refractivity contribution in [3.63, 3.8) is 0 Å². The number of nitro groups is 1. The minimum atomic E-state index is -3.73. The van der Waals surface area contributed by atoms with Crippen molar-refractivity contribution in [2.45, 2.75) is 4.90 Å². The van der Waals surface area contributed by atoms with E-state index in [0.29, 0.717) is 24.9 Å². The summed E-state index contributed by atoms with van der Waals surface area (Å²) < 4.78 is 27.6. The zero-order valence-corrected chi connectivity index (χ0v) is 13.6. The monoisotopic (exact) mass is 348 g/mol. The average Bonchev–Trinajstić information content (AvgIpc) is 3.15. The Balaban J connectivity index is 1.82. The Bertz CT molecular complexity index is 918. The molecule has 126 valence electrons. The van der Waals surface area contributed by atoms with Gasteiger partial charge in [-0.25, -0.2) is 8.42 Å². The summed E-state index contributed by atoms with van der Waals surface area (Å²) in [4.78, 5) is 14.8. The summed E-state index contributed by atoms with van der Waals surface area (Å²) in [6.07, 6.45) is 1.45. The molecule has 0 radical (unpaired) electrons. The number of nitrogens with zero attached hydrogens (tertiary/aromatic N) is 3. The Morgan fingerprint density at radius 2 is 1.92 bits per heavy atom. The molecule has 0 spiro atoms. The van der Waals surface area contributed by atoms with Gasteiger partial charge in [0.2, 0.25) is 10.0 Å². The minimum Gasteiger partial charge on any atom is -0.316 e. The highest BCUT2D eigenvalue weighted by Gasteiger charge is 2.42. The molecule has 2 saturated heterocycles. The second kappa shape index (κ2) is 5.47. The summed E-state index contributed by atoms with van der Waals surface area (Å²) >= 11 is 0. The fourth-order valence-corrected chi connectivity index (χ4v) is 5.35. The van der Waals surface area contributed by atoms with Gasteiger partial charge in [0, 0.05) is 25.4 Å². The predicted molar refractivity (Wildman–Crippen MR) is 87.0 cm³/mol. The molecule has 24 heavy (non-hydrogen) atoms. The molecule has 8 nitrogen and oxygen atoms in total. The van der Waals surface area contributed by atoms with Crippen LogP contribution in [-0.2, 0) is 10.0 Å². The third-order valence-corrected chi connectivity index (χ3v) is 6.74. The first-order chi connectivity index (χ1) is 11.5. The lowest BCUT2D eigenvalue weighted by Gasteiger charge is -2.18. The van der Waals surface area contributed by atoms with Crippen LogP contribution < -0.4 is 5.32 Å². The molecule has 2 fully saturated rings. The van der Waals surface area contributed by atoms with Crippen LogP contribution in [0.4, 0.5) is 5.69 Å². The lowest BCUT2D eigenvalue weighted by atomic mass is 10.0. The molecule has 2 atom stereocenters. The molecule has 0 aliphatic carbocycles. The van der Waals surface area contributed by atoms with Gasteiger partial charge in [-0.3, -0.25) is 15.1 Å². The van der Waals surface area contributed by atoms with Crippen LogP contribution in [0.3, 0.4) is 0 Å². The smallest absolute Gasteiger partial charge is 0.278 e. The van der Waals surface area contributed by atoms with Gasteiger partial charge in [-0.15, -0.1) is 0 Å². The largest absolute Gasteiger partial charge is 0.316 e. The van der Waals surface area contributed by atoms with E-state index in [1.54, 1.807) is 6.07 Å². The number of sulfonamides is 1. The van der Waals surface area contributed by atoms with Crippen molar-refractivity contribution in [3.05, 3.63) is 40.6 Å². The van der Waals surface area contributed by atoms with Crippen LogP contribution in [0.5, 0.6) is 0 Å². The molecule has 2 aliphatic heterocycles. The first-order valence-electron chi connectivity index (χ1n) is 7.71. The highest BCUT2D eigenvalue weighted by molar-refractivity contribution is 7.89. The molecular weight excluding hydrogens is 332 g/mol.